The van der Waals surface area contributed by atoms with E-state index in [9.17, 15) is 9.59 Å². The number of hydrogen-bond donors (Lipinski definition) is 1. The van der Waals surface area contributed by atoms with Crippen LogP contribution in [-0.4, -0.2) is 49.6 Å². The fraction of sp³-hybridized carbons (Fsp3) is 0.394. The third kappa shape index (κ3) is 7.66. The van der Waals surface area contributed by atoms with Gasteiger partial charge in [-0.3, -0.25) is 9.59 Å². The normalized spacial score (nSPS) is 21.4. The molecular weight excluding hydrogens is 543 g/mol. The lowest BCUT2D eigenvalue weighted by atomic mass is 9.83. The summed E-state index contributed by atoms with van der Waals surface area (Å²) in [7, 11) is 2.29. The van der Waals surface area contributed by atoms with Crippen molar-refractivity contribution in [3.05, 3.63) is 106 Å². The Kier molecular flexibility index (Phi) is 10.3. The van der Waals surface area contributed by atoms with Crippen molar-refractivity contribution in [1.29, 1.82) is 0 Å². The number of benzene rings is 3. The van der Waals surface area contributed by atoms with Crippen LogP contribution in [0.1, 0.15) is 66.4 Å². The molecular formula is C33H39Cl2N2O3+. The van der Waals surface area contributed by atoms with Gasteiger partial charge in [0.25, 0.3) is 5.91 Å². The Balaban J connectivity index is 1.40. The largest absolute Gasteiger partial charge is 0.454 e. The number of hydrogen-bond acceptors (Lipinski definition) is 3. The number of piperidine rings is 1. The molecule has 1 fully saturated rings. The first-order chi connectivity index (χ1) is 19.2. The lowest BCUT2D eigenvalue weighted by molar-refractivity contribution is -0.917. The van der Waals surface area contributed by atoms with Gasteiger partial charge in [-0.15, -0.1) is 0 Å². The molecule has 1 aliphatic rings. The monoisotopic (exact) mass is 581 g/mol. The van der Waals surface area contributed by atoms with Crippen LogP contribution in [0.5, 0.6) is 0 Å². The SMILES string of the molecule is CCC(=O)OC1(c2ccccc2)CC[N+](C)(CCCC(CNC(=O)c2ccccc2)c2ccc(Cl)c(Cl)c2)CC1. The van der Waals surface area contributed by atoms with Crippen LogP contribution in [0.2, 0.25) is 10.0 Å². The molecule has 1 amide bonds. The van der Waals surface area contributed by atoms with E-state index in [-0.39, 0.29) is 17.8 Å². The summed E-state index contributed by atoms with van der Waals surface area (Å²) in [5, 5.41) is 4.16. The average Bonchev–Trinajstić information content (AvgIpc) is 2.98. The lowest BCUT2D eigenvalue weighted by Crippen LogP contribution is -2.55. The molecule has 4 rings (SSSR count). The van der Waals surface area contributed by atoms with Gasteiger partial charge in [-0.25, -0.2) is 0 Å². The first kappa shape index (κ1) is 30.1. The van der Waals surface area contributed by atoms with Gasteiger partial charge >= 0.3 is 5.97 Å². The second-order valence-corrected chi connectivity index (χ2v) is 11.9. The van der Waals surface area contributed by atoms with Crippen LogP contribution in [0.4, 0.5) is 0 Å². The first-order valence-electron chi connectivity index (χ1n) is 14.1. The maximum Gasteiger partial charge on any atom is 0.306 e. The van der Waals surface area contributed by atoms with E-state index in [2.05, 4.69) is 24.5 Å². The molecule has 0 bridgehead atoms. The zero-order valence-electron chi connectivity index (χ0n) is 23.4. The number of esters is 1. The third-order valence-electron chi connectivity index (χ3n) is 8.22. The number of ether oxygens (including phenoxy) is 1. The summed E-state index contributed by atoms with van der Waals surface area (Å²) in [6.45, 7) is 5.20. The number of quaternary nitrogens is 1. The second kappa shape index (κ2) is 13.7. The quantitative estimate of drug-likeness (QED) is 0.190. The average molecular weight is 583 g/mol. The molecule has 1 aliphatic heterocycles. The fourth-order valence-corrected chi connectivity index (χ4v) is 5.93. The van der Waals surface area contributed by atoms with Crippen molar-refractivity contribution in [1.82, 2.24) is 5.32 Å². The molecule has 7 heteroatoms. The molecule has 0 saturated carbocycles. The summed E-state index contributed by atoms with van der Waals surface area (Å²) >= 11 is 12.5. The van der Waals surface area contributed by atoms with Crippen LogP contribution in [0.3, 0.4) is 0 Å². The van der Waals surface area contributed by atoms with E-state index in [0.717, 1.165) is 60.9 Å². The van der Waals surface area contributed by atoms with E-state index >= 15 is 0 Å². The van der Waals surface area contributed by atoms with Gasteiger partial charge in [0.2, 0.25) is 0 Å². The van der Waals surface area contributed by atoms with Crippen molar-refractivity contribution >= 4 is 35.1 Å². The standard InChI is InChI=1S/C33H38Cl2N2O3/c1-3-31(38)40-33(28-14-8-5-9-15-28)18-21-37(2,22-19-33)20-10-13-27(26-16-17-29(34)30(35)23-26)24-36-32(39)25-11-6-4-7-12-25/h4-9,11-12,14-17,23,27H,3,10,13,18-22,24H2,1-2H3/p+1. The van der Waals surface area contributed by atoms with Crippen molar-refractivity contribution in [2.75, 3.05) is 33.2 Å². The van der Waals surface area contributed by atoms with Gasteiger partial charge in [0.15, 0.2) is 0 Å². The Bertz CT molecular complexity index is 1280. The minimum Gasteiger partial charge on any atom is -0.454 e. The Morgan fingerprint density at radius 1 is 0.950 bits per heavy atom. The van der Waals surface area contributed by atoms with Crippen molar-refractivity contribution in [3.8, 4) is 0 Å². The molecule has 0 aliphatic carbocycles. The summed E-state index contributed by atoms with van der Waals surface area (Å²) in [4.78, 5) is 25.1. The molecule has 0 spiro atoms. The second-order valence-electron chi connectivity index (χ2n) is 11.1. The zero-order valence-corrected chi connectivity index (χ0v) is 24.9. The summed E-state index contributed by atoms with van der Waals surface area (Å²) in [5.41, 5.74) is 2.24. The number of nitrogens with one attached hydrogen (secondary N) is 1. The molecule has 3 aromatic rings. The smallest absolute Gasteiger partial charge is 0.306 e. The minimum absolute atomic E-state index is 0.0837. The van der Waals surface area contributed by atoms with Crippen LogP contribution in [0.15, 0.2) is 78.9 Å². The van der Waals surface area contributed by atoms with Crippen molar-refractivity contribution in [3.63, 3.8) is 0 Å². The zero-order chi connectivity index (χ0) is 28.6. The highest BCUT2D eigenvalue weighted by molar-refractivity contribution is 6.42. The summed E-state index contributed by atoms with van der Waals surface area (Å²) in [5.74, 6) is -0.130. The van der Waals surface area contributed by atoms with Crippen LogP contribution < -0.4 is 5.32 Å². The van der Waals surface area contributed by atoms with Gasteiger partial charge in [-0.2, -0.15) is 0 Å². The molecule has 40 heavy (non-hydrogen) atoms. The number of amides is 1. The van der Waals surface area contributed by atoms with E-state index in [4.69, 9.17) is 27.9 Å². The summed E-state index contributed by atoms with van der Waals surface area (Å²) in [6.07, 6.45) is 3.84. The van der Waals surface area contributed by atoms with E-state index in [1.807, 2.05) is 73.7 Å². The topological polar surface area (TPSA) is 55.4 Å². The highest BCUT2D eigenvalue weighted by atomic mass is 35.5. The summed E-state index contributed by atoms with van der Waals surface area (Å²) in [6, 6.07) is 25.2. The molecule has 1 unspecified atom stereocenters. The van der Waals surface area contributed by atoms with Gasteiger partial charge in [0.05, 0.1) is 36.7 Å². The number of likely N-dealkylation sites (tertiary alicyclic amines) is 1. The van der Waals surface area contributed by atoms with Crippen molar-refractivity contribution in [2.24, 2.45) is 0 Å². The van der Waals surface area contributed by atoms with Crippen LogP contribution in [-0.2, 0) is 15.1 Å². The molecule has 212 valence electrons. The molecule has 1 atom stereocenters. The van der Waals surface area contributed by atoms with Gasteiger partial charge in [0.1, 0.15) is 5.60 Å². The predicted octanol–water partition coefficient (Wildman–Crippen LogP) is 7.38. The number of nitrogens with zero attached hydrogens (tertiary/aromatic N) is 1. The van der Waals surface area contributed by atoms with Crippen LogP contribution >= 0.6 is 23.2 Å². The number of halogens is 2. The third-order valence-corrected chi connectivity index (χ3v) is 8.96. The van der Waals surface area contributed by atoms with E-state index < -0.39 is 5.60 Å². The molecule has 1 N–H and O–H groups in total. The number of carbonyl (C=O) groups is 2. The maximum absolute atomic E-state index is 12.8. The number of rotatable bonds is 11. The van der Waals surface area contributed by atoms with E-state index in [0.29, 0.717) is 28.6 Å². The Hall–Kier alpha value is -2.86. The molecule has 0 aromatic heterocycles. The van der Waals surface area contributed by atoms with Gasteiger partial charge in [-0.1, -0.05) is 84.7 Å². The van der Waals surface area contributed by atoms with Gasteiger partial charge in [0, 0.05) is 37.3 Å². The predicted molar refractivity (Wildman–Crippen MR) is 162 cm³/mol. The first-order valence-corrected chi connectivity index (χ1v) is 14.9. The summed E-state index contributed by atoms with van der Waals surface area (Å²) < 4.78 is 7.03. The minimum atomic E-state index is -0.559. The van der Waals surface area contributed by atoms with Crippen LogP contribution in [0.25, 0.3) is 0 Å². The Morgan fingerprint density at radius 3 is 2.23 bits per heavy atom. The van der Waals surface area contributed by atoms with Crippen molar-refractivity contribution < 1.29 is 18.8 Å². The Labute approximate surface area is 248 Å². The van der Waals surface area contributed by atoms with Crippen molar-refractivity contribution in [2.45, 2.75) is 50.5 Å². The highest BCUT2D eigenvalue weighted by Gasteiger charge is 2.44. The van der Waals surface area contributed by atoms with Gasteiger partial charge in [-0.05, 0) is 48.2 Å². The van der Waals surface area contributed by atoms with E-state index in [1.165, 1.54) is 0 Å². The molecule has 0 radical (unpaired) electrons. The maximum atomic E-state index is 12.8. The molecule has 1 saturated heterocycles. The lowest BCUT2D eigenvalue weighted by Gasteiger charge is -2.46. The van der Waals surface area contributed by atoms with Gasteiger partial charge < -0.3 is 14.5 Å². The molecule has 1 heterocycles. The fourth-order valence-electron chi connectivity index (χ4n) is 5.62. The Morgan fingerprint density at radius 2 is 1.60 bits per heavy atom. The number of carbonyl (C=O) groups excluding carboxylic acids is 2. The molecule has 3 aromatic carbocycles. The van der Waals surface area contributed by atoms with E-state index in [1.54, 1.807) is 0 Å². The molecule has 5 nitrogen and oxygen atoms in total. The van der Waals surface area contributed by atoms with Crippen LogP contribution in [0, 0.1) is 0 Å². The highest BCUT2D eigenvalue weighted by Crippen LogP contribution is 2.39.